The van der Waals surface area contributed by atoms with E-state index in [2.05, 4.69) is 0 Å². The third-order valence-electron chi connectivity index (χ3n) is 1.78. The molecule has 0 bridgehead atoms. The maximum atomic E-state index is 11.3. The maximum absolute atomic E-state index is 11.3. The highest BCUT2D eigenvalue weighted by Gasteiger charge is 2.16. The van der Waals surface area contributed by atoms with Gasteiger partial charge in [0.05, 0.1) is 4.90 Å². The van der Waals surface area contributed by atoms with Crippen LogP contribution in [0, 0.1) is 0 Å². The zero-order valence-corrected chi connectivity index (χ0v) is 10.7. The molecule has 15 heavy (non-hydrogen) atoms. The molecule has 6 heteroatoms. The van der Waals surface area contributed by atoms with E-state index in [1.807, 2.05) is 19.0 Å². The van der Waals surface area contributed by atoms with Gasteiger partial charge in [-0.2, -0.15) is 0 Å². The number of rotatable bonds is 3. The molecule has 1 rings (SSSR count). The van der Waals surface area contributed by atoms with Gasteiger partial charge in [-0.3, -0.25) is 0 Å². The van der Waals surface area contributed by atoms with Gasteiger partial charge in [0.1, 0.15) is 0 Å². The van der Waals surface area contributed by atoms with Gasteiger partial charge in [0.2, 0.25) is 0 Å². The van der Waals surface area contributed by atoms with E-state index in [0.29, 0.717) is 17.1 Å². The topological polar surface area (TPSA) is 37.4 Å². The van der Waals surface area contributed by atoms with Crippen LogP contribution in [0.4, 0.5) is 0 Å². The van der Waals surface area contributed by atoms with Gasteiger partial charge in [-0.25, -0.2) is 8.42 Å². The lowest BCUT2D eigenvalue weighted by molar-refractivity contribution is 0.399. The Labute approximate surface area is 99.0 Å². The number of halogens is 2. The van der Waals surface area contributed by atoms with Crippen molar-refractivity contribution < 1.29 is 8.42 Å². The molecule has 0 amide bonds. The van der Waals surface area contributed by atoms with E-state index in [0.717, 1.165) is 0 Å². The van der Waals surface area contributed by atoms with Crippen LogP contribution in [0.3, 0.4) is 0 Å². The summed E-state index contributed by atoms with van der Waals surface area (Å²) in [5, 5.41) is 0.358. The van der Waals surface area contributed by atoms with Crippen LogP contribution in [0.5, 0.6) is 0 Å². The van der Waals surface area contributed by atoms with Crippen molar-refractivity contribution >= 4 is 31.3 Å². The molecule has 1 aromatic carbocycles. The highest BCUT2D eigenvalue weighted by Crippen LogP contribution is 2.24. The van der Waals surface area contributed by atoms with E-state index < -0.39 is 9.05 Å². The van der Waals surface area contributed by atoms with E-state index >= 15 is 0 Å². The second-order valence-corrected chi connectivity index (χ2v) is 6.40. The summed E-state index contributed by atoms with van der Waals surface area (Å²) in [6.45, 7) is 0.498. The first-order valence-electron chi connectivity index (χ1n) is 4.18. The van der Waals surface area contributed by atoms with E-state index in [4.69, 9.17) is 22.3 Å². The Morgan fingerprint density at radius 2 is 1.93 bits per heavy atom. The molecule has 0 heterocycles. The predicted octanol–water partition coefficient (Wildman–Crippen LogP) is 2.33. The Hall–Kier alpha value is -0.290. The molecule has 0 radical (unpaired) electrons. The van der Waals surface area contributed by atoms with Crippen molar-refractivity contribution in [3.05, 3.63) is 28.8 Å². The van der Waals surface area contributed by atoms with E-state index in [1.165, 1.54) is 6.07 Å². The lowest BCUT2D eigenvalue weighted by Gasteiger charge is -2.12. The Bertz CT molecular complexity index is 457. The molecule has 0 fully saturated rings. The van der Waals surface area contributed by atoms with Gasteiger partial charge in [0, 0.05) is 22.2 Å². The molecular weight excluding hydrogens is 257 g/mol. The van der Waals surface area contributed by atoms with Crippen LogP contribution in [0.25, 0.3) is 0 Å². The van der Waals surface area contributed by atoms with Crippen molar-refractivity contribution in [1.29, 1.82) is 0 Å². The second-order valence-electron chi connectivity index (χ2n) is 3.43. The van der Waals surface area contributed by atoms with Crippen LogP contribution >= 0.6 is 22.3 Å². The Kier molecular flexibility index (Phi) is 4.00. The van der Waals surface area contributed by atoms with E-state index in [9.17, 15) is 8.42 Å². The van der Waals surface area contributed by atoms with Crippen LogP contribution < -0.4 is 0 Å². The van der Waals surface area contributed by atoms with Crippen molar-refractivity contribution in [1.82, 2.24) is 4.90 Å². The van der Waals surface area contributed by atoms with Gasteiger partial charge in [0.25, 0.3) is 9.05 Å². The molecule has 0 aliphatic rings. The van der Waals surface area contributed by atoms with Crippen molar-refractivity contribution in [3.8, 4) is 0 Å². The quantitative estimate of drug-likeness (QED) is 0.789. The fourth-order valence-electron chi connectivity index (χ4n) is 1.23. The van der Waals surface area contributed by atoms with Crippen LogP contribution in [-0.4, -0.2) is 27.4 Å². The standard InChI is InChI=1S/C9H11Cl2NO2S/c1-12(2)6-7-3-4-8(10)5-9(7)15(11,13)14/h3-5H,6H2,1-2H3. The van der Waals surface area contributed by atoms with Gasteiger partial charge in [-0.05, 0) is 31.8 Å². The summed E-state index contributed by atoms with van der Waals surface area (Å²) in [4.78, 5) is 1.93. The van der Waals surface area contributed by atoms with Gasteiger partial charge in [-0.15, -0.1) is 0 Å². The normalized spacial score (nSPS) is 12.1. The number of benzene rings is 1. The van der Waals surface area contributed by atoms with Gasteiger partial charge in [-0.1, -0.05) is 17.7 Å². The minimum atomic E-state index is -3.74. The molecule has 0 saturated heterocycles. The first kappa shape index (κ1) is 12.8. The summed E-state index contributed by atoms with van der Waals surface area (Å²) in [6, 6.07) is 4.67. The average molecular weight is 268 g/mol. The van der Waals surface area contributed by atoms with Gasteiger partial charge in [0.15, 0.2) is 0 Å². The highest BCUT2D eigenvalue weighted by molar-refractivity contribution is 8.13. The van der Waals surface area contributed by atoms with E-state index in [-0.39, 0.29) is 4.90 Å². The zero-order valence-electron chi connectivity index (χ0n) is 8.37. The maximum Gasteiger partial charge on any atom is 0.261 e. The molecule has 0 saturated carbocycles. The monoisotopic (exact) mass is 267 g/mol. The summed E-state index contributed by atoms with van der Waals surface area (Å²) in [5.74, 6) is 0. The molecule has 0 N–H and O–H groups in total. The molecule has 0 aliphatic heterocycles. The third kappa shape index (κ3) is 3.65. The molecule has 3 nitrogen and oxygen atoms in total. The summed E-state index contributed by atoms with van der Waals surface area (Å²) >= 11 is 5.72. The largest absolute Gasteiger partial charge is 0.305 e. The number of nitrogens with zero attached hydrogens (tertiary/aromatic N) is 1. The van der Waals surface area contributed by atoms with Crippen molar-refractivity contribution in [2.45, 2.75) is 11.4 Å². The van der Waals surface area contributed by atoms with Crippen LogP contribution in [0.1, 0.15) is 5.56 Å². The summed E-state index contributed by atoms with van der Waals surface area (Å²) in [7, 11) is 5.27. The first-order chi connectivity index (χ1) is 6.80. The van der Waals surface area contributed by atoms with Crippen LogP contribution in [0.2, 0.25) is 5.02 Å². The Morgan fingerprint density at radius 1 is 1.33 bits per heavy atom. The molecule has 0 aromatic heterocycles. The molecule has 0 aliphatic carbocycles. The third-order valence-corrected chi connectivity index (χ3v) is 3.42. The molecule has 1 aromatic rings. The number of hydrogen-bond donors (Lipinski definition) is 0. The van der Waals surface area contributed by atoms with Crippen molar-refractivity contribution in [2.75, 3.05) is 14.1 Å². The van der Waals surface area contributed by atoms with Crippen molar-refractivity contribution in [2.24, 2.45) is 0 Å². The molecular formula is C9H11Cl2NO2S. The minimum absolute atomic E-state index is 0.0744. The van der Waals surface area contributed by atoms with Crippen LogP contribution in [0.15, 0.2) is 23.1 Å². The summed E-state index contributed by atoms with van der Waals surface area (Å²) in [5.41, 5.74) is 0.638. The lowest BCUT2D eigenvalue weighted by atomic mass is 10.2. The molecule has 84 valence electrons. The smallest absolute Gasteiger partial charge is 0.261 e. The van der Waals surface area contributed by atoms with Gasteiger partial charge < -0.3 is 4.90 Å². The molecule has 0 spiro atoms. The predicted molar refractivity (Wildman–Crippen MR) is 61.9 cm³/mol. The SMILES string of the molecule is CN(C)Cc1ccc(Cl)cc1S(=O)(=O)Cl. The average Bonchev–Trinajstić information content (AvgIpc) is 2.05. The Balaban J connectivity index is 3.27. The lowest BCUT2D eigenvalue weighted by Crippen LogP contribution is -2.13. The number of hydrogen-bond acceptors (Lipinski definition) is 3. The minimum Gasteiger partial charge on any atom is -0.305 e. The molecule has 0 unspecified atom stereocenters. The second kappa shape index (κ2) is 4.70. The van der Waals surface area contributed by atoms with Crippen molar-refractivity contribution in [3.63, 3.8) is 0 Å². The van der Waals surface area contributed by atoms with Crippen LogP contribution in [-0.2, 0) is 15.6 Å². The summed E-state index contributed by atoms with van der Waals surface area (Å²) < 4.78 is 22.6. The molecule has 0 atom stereocenters. The highest BCUT2D eigenvalue weighted by atomic mass is 35.7. The fourth-order valence-corrected chi connectivity index (χ4v) is 2.61. The zero-order chi connectivity index (χ0) is 11.6. The fraction of sp³-hybridized carbons (Fsp3) is 0.333. The Morgan fingerprint density at radius 3 is 2.40 bits per heavy atom. The summed E-state index contributed by atoms with van der Waals surface area (Å²) in [6.07, 6.45) is 0. The van der Waals surface area contributed by atoms with Gasteiger partial charge >= 0.3 is 0 Å². The van der Waals surface area contributed by atoms with E-state index in [1.54, 1.807) is 12.1 Å². The first-order valence-corrected chi connectivity index (χ1v) is 6.87.